The molecule has 0 aliphatic rings. The Labute approximate surface area is 156 Å². The lowest BCUT2D eigenvalue weighted by Crippen LogP contribution is -2.14. The van der Waals surface area contributed by atoms with Crippen molar-refractivity contribution in [2.24, 2.45) is 4.99 Å². The summed E-state index contributed by atoms with van der Waals surface area (Å²) in [6.07, 6.45) is 1.69. The van der Waals surface area contributed by atoms with Crippen LogP contribution in [-0.2, 0) is 11.3 Å². The molecule has 27 heavy (non-hydrogen) atoms. The van der Waals surface area contributed by atoms with E-state index in [2.05, 4.69) is 4.99 Å². The Morgan fingerprint density at radius 2 is 1.74 bits per heavy atom. The predicted octanol–water partition coefficient (Wildman–Crippen LogP) is 4.69. The highest BCUT2D eigenvalue weighted by molar-refractivity contribution is 5.92. The van der Waals surface area contributed by atoms with Crippen molar-refractivity contribution in [3.8, 4) is 0 Å². The molecule has 0 aromatic heterocycles. The molecular weight excluding hydrogens is 357 g/mol. The van der Waals surface area contributed by atoms with Gasteiger partial charge >= 0.3 is 5.97 Å². The molecule has 7 heteroatoms. The number of rotatable bonds is 6. The fourth-order valence-electron chi connectivity index (χ4n) is 2.33. The number of aliphatic imine (C=N–C) groups is 1. The molecule has 0 spiro atoms. The summed E-state index contributed by atoms with van der Waals surface area (Å²) < 4.78 is 45.3. The molecule has 0 atom stereocenters. The molecule has 0 saturated carbocycles. The van der Waals surface area contributed by atoms with Gasteiger partial charge in [0.1, 0.15) is 24.1 Å². The highest BCUT2D eigenvalue weighted by atomic mass is 19.1. The first kappa shape index (κ1) is 20.5. The number of hydrogen-bond donors (Lipinski definition) is 0. The summed E-state index contributed by atoms with van der Waals surface area (Å²) in [5.41, 5.74) is 1.87. The first-order chi connectivity index (χ1) is 12.7. The Bertz CT molecular complexity index is 859. The molecule has 2 aromatic carbocycles. The second kappa shape index (κ2) is 8.70. The predicted molar refractivity (Wildman–Crippen MR) is 97.8 cm³/mol. The summed E-state index contributed by atoms with van der Waals surface area (Å²) >= 11 is 0. The van der Waals surface area contributed by atoms with Crippen LogP contribution in [0.3, 0.4) is 0 Å². The van der Waals surface area contributed by atoms with Gasteiger partial charge in [-0.25, -0.2) is 23.0 Å². The maximum atomic E-state index is 13.6. The summed E-state index contributed by atoms with van der Waals surface area (Å²) in [5, 5.41) is 0. The van der Waals surface area contributed by atoms with E-state index in [4.69, 9.17) is 4.74 Å². The lowest BCUT2D eigenvalue weighted by molar-refractivity contribution is 0.0464. The highest BCUT2D eigenvalue weighted by Gasteiger charge is 2.17. The van der Waals surface area contributed by atoms with Gasteiger partial charge in [-0.2, -0.15) is 0 Å². The smallest absolute Gasteiger partial charge is 0.338 e. The van der Waals surface area contributed by atoms with Gasteiger partial charge in [-0.15, -0.1) is 0 Å². The minimum Gasteiger partial charge on any atom is -0.457 e. The van der Waals surface area contributed by atoms with Crippen molar-refractivity contribution >= 4 is 18.0 Å². The van der Waals surface area contributed by atoms with Gasteiger partial charge in [-0.3, -0.25) is 0 Å². The molecule has 2 rings (SSSR count). The van der Waals surface area contributed by atoms with E-state index in [9.17, 15) is 18.0 Å². The monoisotopic (exact) mass is 378 g/mol. The van der Waals surface area contributed by atoms with Crippen LogP contribution >= 0.6 is 0 Å². The maximum absolute atomic E-state index is 13.6. The van der Waals surface area contributed by atoms with Crippen molar-refractivity contribution in [2.45, 2.75) is 27.4 Å². The largest absolute Gasteiger partial charge is 0.457 e. The molecule has 4 nitrogen and oxygen atoms in total. The van der Waals surface area contributed by atoms with E-state index >= 15 is 0 Å². The topological polar surface area (TPSA) is 41.9 Å². The Morgan fingerprint density at radius 3 is 2.33 bits per heavy atom. The molecule has 0 amide bonds. The Hall–Kier alpha value is -2.83. The quantitative estimate of drug-likeness (QED) is 0.416. The standard InChI is InChI=1S/C20H21F3N2O2/c1-5-25(4)11-24-19-7-12(2)15(6-13(19)3)20(26)27-10-16-17(22)8-14(21)9-18(16)23/h6-9,11H,5,10H2,1-4H3/b24-11+. The first-order valence-electron chi connectivity index (χ1n) is 8.39. The van der Waals surface area contributed by atoms with E-state index < -0.39 is 35.6 Å². The van der Waals surface area contributed by atoms with E-state index in [0.717, 1.165) is 12.1 Å². The fraction of sp³-hybridized carbons (Fsp3) is 0.300. The van der Waals surface area contributed by atoms with Crippen LogP contribution in [0, 0.1) is 31.3 Å². The number of carbonyl (C=O) groups excluding carboxylic acids is 1. The zero-order valence-corrected chi connectivity index (χ0v) is 15.6. The van der Waals surface area contributed by atoms with Crippen molar-refractivity contribution in [2.75, 3.05) is 13.6 Å². The SMILES string of the molecule is CCN(C)/C=N/c1cc(C)c(C(=O)OCc2c(F)cc(F)cc2F)cc1C. The zero-order valence-electron chi connectivity index (χ0n) is 15.6. The third-order valence-electron chi connectivity index (χ3n) is 4.11. The maximum Gasteiger partial charge on any atom is 0.338 e. The summed E-state index contributed by atoms with van der Waals surface area (Å²) in [6.45, 7) is 5.70. The van der Waals surface area contributed by atoms with Crippen LogP contribution in [-0.4, -0.2) is 30.8 Å². The minimum atomic E-state index is -1.10. The average Bonchev–Trinajstić information content (AvgIpc) is 2.60. The van der Waals surface area contributed by atoms with Crippen LogP contribution in [0.15, 0.2) is 29.3 Å². The Balaban J connectivity index is 2.17. The van der Waals surface area contributed by atoms with Crippen LogP contribution in [0.1, 0.15) is 34.0 Å². The van der Waals surface area contributed by atoms with E-state index in [1.165, 1.54) is 0 Å². The van der Waals surface area contributed by atoms with Crippen molar-refractivity contribution in [1.82, 2.24) is 4.90 Å². The number of benzene rings is 2. The van der Waals surface area contributed by atoms with Crippen LogP contribution in [0.4, 0.5) is 18.9 Å². The number of aryl methyl sites for hydroxylation is 2. The molecule has 0 bridgehead atoms. The van der Waals surface area contributed by atoms with E-state index in [-0.39, 0.29) is 5.56 Å². The number of hydrogen-bond acceptors (Lipinski definition) is 3. The van der Waals surface area contributed by atoms with Crippen LogP contribution in [0.5, 0.6) is 0 Å². The molecular formula is C20H21F3N2O2. The molecule has 0 saturated heterocycles. The van der Waals surface area contributed by atoms with Gasteiger partial charge in [0.2, 0.25) is 0 Å². The summed E-state index contributed by atoms with van der Waals surface area (Å²) in [4.78, 5) is 18.6. The molecule has 0 N–H and O–H groups in total. The highest BCUT2D eigenvalue weighted by Crippen LogP contribution is 2.24. The molecule has 2 aromatic rings. The van der Waals surface area contributed by atoms with Gasteiger partial charge in [0, 0.05) is 25.7 Å². The summed E-state index contributed by atoms with van der Waals surface area (Å²) in [6, 6.07) is 4.45. The summed E-state index contributed by atoms with van der Waals surface area (Å²) in [7, 11) is 1.89. The van der Waals surface area contributed by atoms with Crippen molar-refractivity contribution in [1.29, 1.82) is 0 Å². The van der Waals surface area contributed by atoms with Crippen LogP contribution in [0.2, 0.25) is 0 Å². The van der Waals surface area contributed by atoms with Crippen molar-refractivity contribution in [3.63, 3.8) is 0 Å². The first-order valence-corrected chi connectivity index (χ1v) is 8.39. The molecule has 0 unspecified atom stereocenters. The molecule has 0 radical (unpaired) electrons. The third kappa shape index (κ3) is 5.09. The summed E-state index contributed by atoms with van der Waals surface area (Å²) in [5.74, 6) is -3.95. The second-order valence-electron chi connectivity index (χ2n) is 6.20. The number of esters is 1. The Kier molecular flexibility index (Phi) is 6.60. The number of carbonyl (C=O) groups is 1. The lowest BCUT2D eigenvalue weighted by atomic mass is 10.0. The minimum absolute atomic E-state index is 0.276. The van der Waals surface area contributed by atoms with E-state index in [1.54, 1.807) is 32.3 Å². The second-order valence-corrected chi connectivity index (χ2v) is 6.20. The van der Waals surface area contributed by atoms with E-state index in [1.807, 2.05) is 18.9 Å². The van der Waals surface area contributed by atoms with Crippen LogP contribution in [0.25, 0.3) is 0 Å². The molecule has 144 valence electrons. The normalized spacial score (nSPS) is 11.1. The zero-order chi connectivity index (χ0) is 20.1. The average molecular weight is 378 g/mol. The Morgan fingerprint density at radius 1 is 1.11 bits per heavy atom. The van der Waals surface area contributed by atoms with Crippen molar-refractivity contribution < 1.29 is 22.7 Å². The molecule has 0 aliphatic carbocycles. The number of halogens is 3. The number of ether oxygens (including phenoxy) is 1. The van der Waals surface area contributed by atoms with Gasteiger partial charge in [0.05, 0.1) is 23.2 Å². The molecule has 0 aliphatic heterocycles. The van der Waals surface area contributed by atoms with Gasteiger partial charge in [-0.05, 0) is 44.0 Å². The number of nitrogens with zero attached hydrogens (tertiary/aromatic N) is 2. The van der Waals surface area contributed by atoms with Gasteiger partial charge in [0.15, 0.2) is 0 Å². The van der Waals surface area contributed by atoms with Gasteiger partial charge in [-0.1, -0.05) is 0 Å². The molecule has 0 heterocycles. The van der Waals surface area contributed by atoms with Gasteiger partial charge < -0.3 is 9.64 Å². The van der Waals surface area contributed by atoms with Crippen molar-refractivity contribution in [3.05, 3.63) is 64.0 Å². The lowest BCUT2D eigenvalue weighted by Gasteiger charge is -2.12. The van der Waals surface area contributed by atoms with Crippen LogP contribution < -0.4 is 0 Å². The van der Waals surface area contributed by atoms with E-state index in [0.29, 0.717) is 23.4 Å². The fourth-order valence-corrected chi connectivity index (χ4v) is 2.33. The molecule has 0 fully saturated rings. The third-order valence-corrected chi connectivity index (χ3v) is 4.11. The van der Waals surface area contributed by atoms with Gasteiger partial charge in [0.25, 0.3) is 0 Å².